The van der Waals surface area contributed by atoms with E-state index in [0.717, 1.165) is 46.2 Å². The number of rotatable bonds is 6. The molecule has 258 valence electrons. The minimum absolute atomic E-state index is 0.00117. The second kappa shape index (κ2) is 13.5. The van der Waals surface area contributed by atoms with Gasteiger partial charge in [0.15, 0.2) is 17.5 Å². The largest absolute Gasteiger partial charge is 0.264 e. The van der Waals surface area contributed by atoms with Gasteiger partial charge < -0.3 is 0 Å². The summed E-state index contributed by atoms with van der Waals surface area (Å²) in [5.74, 6) is 1.97. The quantitative estimate of drug-likeness (QED) is 0.174. The fraction of sp³-hybridized carbons (Fsp3) is 0.120. The molecule has 4 heteroatoms. The Kier molecular flexibility index (Phi) is 8.02. The summed E-state index contributed by atoms with van der Waals surface area (Å²) in [5.41, 5.74) is 15.5. The normalized spacial score (nSPS) is 14.1. The summed E-state index contributed by atoms with van der Waals surface area (Å²) in [6.07, 6.45) is 9.90. The number of pyridine rings is 1. The number of benzene rings is 6. The van der Waals surface area contributed by atoms with Crippen LogP contribution < -0.4 is 0 Å². The zero-order chi connectivity index (χ0) is 35.9. The van der Waals surface area contributed by atoms with Gasteiger partial charge in [0.05, 0.1) is 0 Å². The smallest absolute Gasteiger partial charge is 0.164 e. The van der Waals surface area contributed by atoms with E-state index >= 15 is 0 Å². The monoisotopic (exact) mass is 694 g/mol. The van der Waals surface area contributed by atoms with E-state index in [-0.39, 0.29) is 5.41 Å². The molecule has 2 heterocycles. The first-order valence-electron chi connectivity index (χ1n) is 19.0. The molecular weight excluding hydrogens is 657 g/mol. The highest BCUT2D eigenvalue weighted by molar-refractivity contribution is 5.97. The number of hydrogen-bond acceptors (Lipinski definition) is 4. The molecule has 2 aliphatic rings. The van der Waals surface area contributed by atoms with Crippen molar-refractivity contribution in [2.45, 2.75) is 37.5 Å². The molecule has 10 rings (SSSR count). The van der Waals surface area contributed by atoms with Crippen LogP contribution in [0.4, 0.5) is 0 Å². The van der Waals surface area contributed by atoms with Crippen LogP contribution in [0.1, 0.15) is 43.2 Å². The third-order valence-corrected chi connectivity index (χ3v) is 11.5. The maximum absolute atomic E-state index is 5.23. The van der Waals surface area contributed by atoms with Gasteiger partial charge in [-0.2, -0.15) is 0 Å². The summed E-state index contributed by atoms with van der Waals surface area (Å²) in [7, 11) is 0. The lowest BCUT2D eigenvalue weighted by molar-refractivity contribution is 0.353. The van der Waals surface area contributed by atoms with E-state index in [1.165, 1.54) is 58.2 Å². The van der Waals surface area contributed by atoms with E-state index in [2.05, 4.69) is 132 Å². The molecule has 4 nitrogen and oxygen atoms in total. The molecule has 1 spiro atoms. The summed E-state index contributed by atoms with van der Waals surface area (Å²) < 4.78 is 0. The molecule has 2 aromatic heterocycles. The molecule has 54 heavy (non-hydrogen) atoms. The number of hydrogen-bond donors (Lipinski definition) is 0. The first-order chi connectivity index (χ1) is 26.7. The van der Waals surface area contributed by atoms with E-state index in [9.17, 15) is 0 Å². The third kappa shape index (κ3) is 5.54. The predicted molar refractivity (Wildman–Crippen MR) is 220 cm³/mol. The fourth-order valence-electron chi connectivity index (χ4n) is 8.87. The summed E-state index contributed by atoms with van der Waals surface area (Å²) >= 11 is 0. The van der Waals surface area contributed by atoms with E-state index in [1.54, 1.807) is 0 Å². The SMILES string of the molecule is c1ccc(-c2ccc(-c3nc(-c4ccccc4)nc(-c4ccccc4-c4cccc5c4-c4ccc(-c6cccnc6)cc4C54CCCCC4)n3)cc2)cc1. The molecule has 0 unspecified atom stereocenters. The zero-order valence-electron chi connectivity index (χ0n) is 30.0. The summed E-state index contributed by atoms with van der Waals surface area (Å²) in [4.78, 5) is 19.9. The lowest BCUT2D eigenvalue weighted by Crippen LogP contribution is -2.28. The van der Waals surface area contributed by atoms with Crippen LogP contribution in [0.3, 0.4) is 0 Å². The number of fused-ring (bicyclic) bond motifs is 5. The molecule has 1 saturated carbocycles. The Hall–Kier alpha value is -6.52. The lowest BCUT2D eigenvalue weighted by atomic mass is 9.67. The van der Waals surface area contributed by atoms with Crippen LogP contribution in [0.25, 0.3) is 78.7 Å². The summed E-state index contributed by atoms with van der Waals surface area (Å²) in [6, 6.07) is 56.1. The average Bonchev–Trinajstić information content (AvgIpc) is 3.52. The Labute approximate surface area is 316 Å². The van der Waals surface area contributed by atoms with Gasteiger partial charge in [0, 0.05) is 34.5 Å². The standard InChI is InChI=1S/C50H38N4/c1-4-14-34(15-5-1)35-23-25-37(26-24-35)48-52-47(36-16-6-2-7-17-36)53-49(54-48)42-20-9-8-19-40(42)41-21-12-22-44-46(41)43-28-27-38(39-18-13-31-51-33-39)32-45(43)50(44)29-10-3-11-30-50/h1-2,4-9,12-28,31-33H,3,10-11,29-30H2. The van der Waals surface area contributed by atoms with Gasteiger partial charge in [0.25, 0.3) is 0 Å². The molecule has 2 aliphatic carbocycles. The molecule has 0 atom stereocenters. The molecule has 6 aromatic carbocycles. The van der Waals surface area contributed by atoms with Gasteiger partial charge in [-0.1, -0.05) is 165 Å². The highest BCUT2D eigenvalue weighted by Gasteiger charge is 2.45. The molecule has 0 saturated heterocycles. The highest BCUT2D eigenvalue weighted by atomic mass is 15.0. The van der Waals surface area contributed by atoms with Gasteiger partial charge in [-0.15, -0.1) is 0 Å². The number of aromatic nitrogens is 4. The van der Waals surface area contributed by atoms with Crippen molar-refractivity contribution >= 4 is 0 Å². The van der Waals surface area contributed by atoms with Crippen LogP contribution in [0.2, 0.25) is 0 Å². The average molecular weight is 695 g/mol. The molecule has 1 fully saturated rings. The molecule has 8 aromatic rings. The molecule has 0 bridgehead atoms. The molecule has 0 aliphatic heterocycles. The van der Waals surface area contributed by atoms with Crippen molar-refractivity contribution in [2.24, 2.45) is 0 Å². The van der Waals surface area contributed by atoms with Crippen LogP contribution in [0.5, 0.6) is 0 Å². The van der Waals surface area contributed by atoms with Crippen molar-refractivity contribution in [2.75, 3.05) is 0 Å². The topological polar surface area (TPSA) is 51.6 Å². The van der Waals surface area contributed by atoms with E-state index in [4.69, 9.17) is 15.0 Å². The predicted octanol–water partition coefficient (Wildman–Crippen LogP) is 12.5. The van der Waals surface area contributed by atoms with Crippen LogP contribution in [0, 0.1) is 0 Å². The molecule has 0 amide bonds. The van der Waals surface area contributed by atoms with Crippen molar-refractivity contribution in [1.29, 1.82) is 0 Å². The maximum atomic E-state index is 5.23. The Morgan fingerprint density at radius 3 is 1.67 bits per heavy atom. The van der Waals surface area contributed by atoms with E-state index in [0.29, 0.717) is 17.5 Å². The van der Waals surface area contributed by atoms with Gasteiger partial charge in [-0.05, 0) is 80.6 Å². The van der Waals surface area contributed by atoms with Gasteiger partial charge in [0.2, 0.25) is 0 Å². The van der Waals surface area contributed by atoms with Crippen LogP contribution in [-0.4, -0.2) is 19.9 Å². The first kappa shape index (κ1) is 32.2. The zero-order valence-corrected chi connectivity index (χ0v) is 30.0. The van der Waals surface area contributed by atoms with Gasteiger partial charge in [-0.3, -0.25) is 4.98 Å². The summed E-state index contributed by atoms with van der Waals surface area (Å²) in [5, 5.41) is 0. The Balaban J connectivity index is 1.14. The Morgan fingerprint density at radius 2 is 0.944 bits per heavy atom. The Bertz CT molecular complexity index is 2610. The minimum atomic E-state index is -0.00117. The fourth-order valence-corrected chi connectivity index (χ4v) is 8.87. The van der Waals surface area contributed by atoms with E-state index < -0.39 is 0 Å². The second-order valence-electron chi connectivity index (χ2n) is 14.5. The minimum Gasteiger partial charge on any atom is -0.264 e. The van der Waals surface area contributed by atoms with Crippen molar-refractivity contribution in [3.05, 3.63) is 181 Å². The lowest BCUT2D eigenvalue weighted by Gasteiger charge is -2.36. The first-order valence-corrected chi connectivity index (χ1v) is 19.0. The maximum Gasteiger partial charge on any atom is 0.164 e. The number of nitrogens with zero attached hydrogens (tertiary/aromatic N) is 4. The summed E-state index contributed by atoms with van der Waals surface area (Å²) in [6.45, 7) is 0. The molecule has 0 N–H and O–H groups in total. The Morgan fingerprint density at radius 1 is 0.370 bits per heavy atom. The van der Waals surface area contributed by atoms with E-state index in [1.807, 2.05) is 42.7 Å². The van der Waals surface area contributed by atoms with Crippen molar-refractivity contribution in [1.82, 2.24) is 19.9 Å². The van der Waals surface area contributed by atoms with Gasteiger partial charge in [-0.25, -0.2) is 15.0 Å². The highest BCUT2D eigenvalue weighted by Crippen LogP contribution is 2.58. The van der Waals surface area contributed by atoms with Crippen molar-refractivity contribution < 1.29 is 0 Å². The van der Waals surface area contributed by atoms with Gasteiger partial charge >= 0.3 is 0 Å². The molecular formula is C50H38N4. The van der Waals surface area contributed by atoms with Crippen LogP contribution in [-0.2, 0) is 5.41 Å². The van der Waals surface area contributed by atoms with Gasteiger partial charge in [0.1, 0.15) is 0 Å². The van der Waals surface area contributed by atoms with Crippen molar-refractivity contribution in [3.8, 4) is 78.7 Å². The third-order valence-electron chi connectivity index (χ3n) is 11.5. The molecule has 0 radical (unpaired) electrons. The second-order valence-corrected chi connectivity index (χ2v) is 14.5. The van der Waals surface area contributed by atoms with Crippen LogP contribution >= 0.6 is 0 Å². The van der Waals surface area contributed by atoms with Crippen LogP contribution in [0.15, 0.2) is 170 Å². The van der Waals surface area contributed by atoms with Crippen molar-refractivity contribution in [3.63, 3.8) is 0 Å².